The number of hydrogen-bond acceptors (Lipinski definition) is 7. The number of aromatic nitrogens is 3. The van der Waals surface area contributed by atoms with E-state index in [0.29, 0.717) is 22.9 Å². The Morgan fingerprint density at radius 1 is 1.31 bits per heavy atom. The van der Waals surface area contributed by atoms with Gasteiger partial charge in [0.1, 0.15) is 18.2 Å². The quantitative estimate of drug-likeness (QED) is 0.711. The van der Waals surface area contributed by atoms with Crippen LogP contribution in [0.3, 0.4) is 0 Å². The third-order valence-corrected chi connectivity index (χ3v) is 4.06. The van der Waals surface area contributed by atoms with E-state index in [2.05, 4.69) is 10.1 Å². The van der Waals surface area contributed by atoms with Gasteiger partial charge in [0.25, 0.3) is 11.4 Å². The molecule has 0 fully saturated rings. The summed E-state index contributed by atoms with van der Waals surface area (Å²) >= 11 is 0. The van der Waals surface area contributed by atoms with Gasteiger partial charge < -0.3 is 18.6 Å². The van der Waals surface area contributed by atoms with Crippen LogP contribution in [0.4, 0.5) is 0 Å². The highest BCUT2D eigenvalue weighted by molar-refractivity contribution is 5.41. The van der Waals surface area contributed by atoms with Crippen molar-refractivity contribution >= 4 is 0 Å². The van der Waals surface area contributed by atoms with Crippen molar-refractivity contribution in [2.75, 3.05) is 6.61 Å². The minimum absolute atomic E-state index is 0.0987. The molecule has 26 heavy (non-hydrogen) atoms. The molecule has 0 saturated carbocycles. The first-order valence-corrected chi connectivity index (χ1v) is 7.97. The van der Waals surface area contributed by atoms with E-state index >= 15 is 0 Å². The molecule has 0 radical (unpaired) electrons. The summed E-state index contributed by atoms with van der Waals surface area (Å²) in [6.07, 6.45) is 1.08. The number of nitrogens with zero attached hydrogens (tertiary/aromatic N) is 4. The lowest BCUT2D eigenvalue weighted by molar-refractivity contribution is 0.0665. The molecular formula is C18H14N4O4. The van der Waals surface area contributed by atoms with Crippen LogP contribution in [0, 0.1) is 18.3 Å². The number of rotatable bonds is 3. The Morgan fingerprint density at radius 2 is 2.12 bits per heavy atom. The largest absolute Gasteiger partial charge is 0.485 e. The monoisotopic (exact) mass is 350 g/mol. The zero-order chi connectivity index (χ0) is 18.1. The summed E-state index contributed by atoms with van der Waals surface area (Å²) in [5, 5.41) is 13.0. The van der Waals surface area contributed by atoms with E-state index < -0.39 is 6.10 Å². The van der Waals surface area contributed by atoms with Gasteiger partial charge in [-0.3, -0.25) is 4.79 Å². The third kappa shape index (κ3) is 2.80. The highest BCUT2D eigenvalue weighted by atomic mass is 16.6. The fourth-order valence-electron chi connectivity index (χ4n) is 2.68. The Morgan fingerprint density at radius 3 is 2.92 bits per heavy atom. The van der Waals surface area contributed by atoms with E-state index in [0.717, 1.165) is 0 Å². The minimum atomic E-state index is -0.518. The molecule has 130 valence electrons. The first-order valence-electron chi connectivity index (χ1n) is 7.97. The number of ether oxygens (including phenoxy) is 2. The van der Waals surface area contributed by atoms with E-state index in [9.17, 15) is 4.79 Å². The molecule has 1 atom stereocenters. The van der Waals surface area contributed by atoms with Crippen molar-refractivity contribution in [1.82, 2.24) is 14.7 Å². The number of hydrogen-bond donors (Lipinski definition) is 0. The second-order valence-corrected chi connectivity index (χ2v) is 5.83. The Hall–Kier alpha value is -3.60. The number of fused-ring (bicyclic) bond motifs is 1. The number of pyridine rings is 1. The van der Waals surface area contributed by atoms with Crippen LogP contribution in [0.15, 0.2) is 45.8 Å². The van der Waals surface area contributed by atoms with E-state index in [4.69, 9.17) is 19.3 Å². The molecule has 1 aliphatic heterocycles. The Balaban J connectivity index is 1.55. The molecule has 1 aromatic carbocycles. The van der Waals surface area contributed by atoms with Crippen molar-refractivity contribution in [3.8, 4) is 17.6 Å². The Labute approximate surface area is 148 Å². The minimum Gasteiger partial charge on any atom is -0.485 e. The zero-order valence-corrected chi connectivity index (χ0v) is 13.9. The lowest BCUT2D eigenvalue weighted by Gasteiger charge is -2.23. The lowest BCUT2D eigenvalue weighted by atomic mass is 10.2. The molecule has 0 amide bonds. The van der Waals surface area contributed by atoms with E-state index in [1.807, 2.05) is 24.3 Å². The fourth-order valence-corrected chi connectivity index (χ4v) is 2.68. The highest BCUT2D eigenvalue weighted by Crippen LogP contribution is 2.35. The summed E-state index contributed by atoms with van der Waals surface area (Å²) in [5.41, 5.74) is 0.357. The first-order chi connectivity index (χ1) is 12.7. The lowest BCUT2D eigenvalue weighted by Crippen LogP contribution is -2.24. The first kappa shape index (κ1) is 15.9. The van der Waals surface area contributed by atoms with Crippen molar-refractivity contribution < 1.29 is 14.0 Å². The van der Waals surface area contributed by atoms with Gasteiger partial charge in [0.15, 0.2) is 17.3 Å². The van der Waals surface area contributed by atoms with E-state index in [1.165, 1.54) is 4.57 Å². The number of para-hydroxylation sites is 2. The number of nitriles is 1. The van der Waals surface area contributed by atoms with Crippen LogP contribution in [-0.2, 0) is 6.54 Å². The van der Waals surface area contributed by atoms with Gasteiger partial charge >= 0.3 is 0 Å². The van der Waals surface area contributed by atoms with E-state index in [-0.39, 0.29) is 30.2 Å². The third-order valence-electron chi connectivity index (χ3n) is 4.06. The Kier molecular flexibility index (Phi) is 3.89. The van der Waals surface area contributed by atoms with Crippen LogP contribution in [0.25, 0.3) is 0 Å². The molecule has 0 N–H and O–H groups in total. The van der Waals surface area contributed by atoms with Crippen LogP contribution < -0.4 is 15.0 Å². The second-order valence-electron chi connectivity index (χ2n) is 5.83. The van der Waals surface area contributed by atoms with Gasteiger partial charge in [0.05, 0.1) is 6.54 Å². The maximum absolute atomic E-state index is 12.3. The predicted molar refractivity (Wildman–Crippen MR) is 88.9 cm³/mol. The van der Waals surface area contributed by atoms with Crippen molar-refractivity contribution in [2.45, 2.75) is 19.6 Å². The zero-order valence-electron chi connectivity index (χ0n) is 13.9. The molecule has 8 nitrogen and oxygen atoms in total. The van der Waals surface area contributed by atoms with Gasteiger partial charge in [-0.2, -0.15) is 10.2 Å². The van der Waals surface area contributed by atoms with Crippen molar-refractivity contribution in [3.63, 3.8) is 0 Å². The second kappa shape index (κ2) is 6.37. The van der Waals surface area contributed by atoms with Crippen molar-refractivity contribution in [1.29, 1.82) is 5.26 Å². The average molecular weight is 350 g/mol. The Bertz CT molecular complexity index is 1060. The van der Waals surface area contributed by atoms with Gasteiger partial charge in [-0.1, -0.05) is 17.3 Å². The maximum Gasteiger partial charge on any atom is 0.271 e. The van der Waals surface area contributed by atoms with E-state index in [1.54, 1.807) is 25.3 Å². The SMILES string of the molecule is Cc1ccn(Cc2noc(C3COc4ccccc4O3)n2)c(=O)c1C#N. The summed E-state index contributed by atoms with van der Waals surface area (Å²) in [4.78, 5) is 16.6. The summed E-state index contributed by atoms with van der Waals surface area (Å²) in [5.74, 6) is 1.86. The topological polar surface area (TPSA) is 103 Å². The number of benzene rings is 1. The molecule has 3 aromatic rings. The number of aryl methyl sites for hydroxylation is 1. The van der Waals surface area contributed by atoms with Crippen LogP contribution in [0.2, 0.25) is 0 Å². The van der Waals surface area contributed by atoms with Gasteiger partial charge in [0.2, 0.25) is 6.10 Å². The smallest absolute Gasteiger partial charge is 0.271 e. The average Bonchev–Trinajstić information content (AvgIpc) is 3.13. The van der Waals surface area contributed by atoms with Crippen LogP contribution >= 0.6 is 0 Å². The molecule has 0 aliphatic carbocycles. The van der Waals surface area contributed by atoms with Gasteiger partial charge in [-0.15, -0.1) is 0 Å². The fraction of sp³-hybridized carbons (Fsp3) is 0.222. The van der Waals surface area contributed by atoms with Gasteiger partial charge in [0, 0.05) is 6.20 Å². The molecule has 1 aliphatic rings. The molecule has 1 unspecified atom stereocenters. The molecule has 0 spiro atoms. The molecule has 4 rings (SSSR count). The summed E-state index contributed by atoms with van der Waals surface area (Å²) in [6.45, 7) is 2.07. The van der Waals surface area contributed by atoms with Crippen LogP contribution in [0.5, 0.6) is 11.5 Å². The molecule has 8 heteroatoms. The molecule has 0 bridgehead atoms. The van der Waals surface area contributed by atoms with Crippen LogP contribution in [-0.4, -0.2) is 21.3 Å². The van der Waals surface area contributed by atoms with Gasteiger partial charge in [-0.25, -0.2) is 0 Å². The van der Waals surface area contributed by atoms with Crippen molar-refractivity contribution in [3.05, 3.63) is 69.7 Å². The molecular weight excluding hydrogens is 336 g/mol. The predicted octanol–water partition coefficient (Wildman–Crippen LogP) is 1.97. The highest BCUT2D eigenvalue weighted by Gasteiger charge is 2.27. The standard InChI is InChI=1S/C18H14N4O4/c1-11-6-7-22(18(23)12(11)8-19)9-16-20-17(26-21-16)15-10-24-13-4-2-3-5-14(13)25-15/h2-7,15H,9-10H2,1H3. The summed E-state index contributed by atoms with van der Waals surface area (Å²) in [7, 11) is 0. The summed E-state index contributed by atoms with van der Waals surface area (Å²) < 4.78 is 18.1. The molecule has 2 aromatic heterocycles. The van der Waals surface area contributed by atoms with Crippen molar-refractivity contribution in [2.24, 2.45) is 0 Å². The molecule has 0 saturated heterocycles. The van der Waals surface area contributed by atoms with Crippen LogP contribution in [0.1, 0.15) is 28.9 Å². The molecule has 3 heterocycles. The normalized spacial score (nSPS) is 15.5. The summed E-state index contributed by atoms with van der Waals surface area (Å²) in [6, 6.07) is 11.0. The van der Waals surface area contributed by atoms with Gasteiger partial charge in [-0.05, 0) is 30.7 Å². The maximum atomic E-state index is 12.3.